The van der Waals surface area contributed by atoms with Gasteiger partial charge in [-0.3, -0.25) is 4.68 Å². The number of nitrogens with one attached hydrogen (secondary N) is 1. The molecule has 2 heterocycles. The standard InChI is InChI=1S/C18H26N6/c1-2-5-16(23-11-3-10-20-23)15(4-1)19-12-17-21-22-18(13-6-7-13)24(17)14-8-9-14/h3,10-11,13-16,19H,1-2,4-9,12H2/t15-,16+/m1/s1. The Labute approximate surface area is 142 Å². The van der Waals surface area contributed by atoms with Crippen molar-refractivity contribution in [1.29, 1.82) is 0 Å². The molecule has 0 radical (unpaired) electrons. The number of nitrogens with zero attached hydrogens (tertiary/aromatic N) is 5. The van der Waals surface area contributed by atoms with E-state index in [0.29, 0.717) is 24.0 Å². The Bertz CT molecular complexity index is 682. The summed E-state index contributed by atoms with van der Waals surface area (Å²) in [5, 5.41) is 17.3. The molecule has 24 heavy (non-hydrogen) atoms. The topological polar surface area (TPSA) is 60.6 Å². The first kappa shape index (κ1) is 14.6. The van der Waals surface area contributed by atoms with Gasteiger partial charge in [0.05, 0.1) is 12.6 Å². The lowest BCUT2D eigenvalue weighted by Crippen LogP contribution is -2.40. The molecule has 2 aromatic heterocycles. The smallest absolute Gasteiger partial charge is 0.147 e. The highest BCUT2D eigenvalue weighted by atomic mass is 15.3. The van der Waals surface area contributed by atoms with Crippen molar-refractivity contribution in [2.75, 3.05) is 0 Å². The van der Waals surface area contributed by atoms with E-state index in [1.807, 2.05) is 12.3 Å². The third-order valence-electron chi connectivity index (χ3n) is 5.76. The lowest BCUT2D eigenvalue weighted by Gasteiger charge is -2.32. The molecule has 2 aromatic rings. The summed E-state index contributed by atoms with van der Waals surface area (Å²) in [5.74, 6) is 3.07. The molecule has 0 amide bonds. The fraction of sp³-hybridized carbons (Fsp3) is 0.722. The summed E-state index contributed by atoms with van der Waals surface area (Å²) in [6.07, 6.45) is 14.2. The SMILES string of the molecule is c1cnn([C@H]2CCCC[C@H]2NCc2nnc(C3CC3)n2C2CC2)c1. The van der Waals surface area contributed by atoms with Crippen LogP contribution in [0.5, 0.6) is 0 Å². The predicted molar refractivity (Wildman–Crippen MR) is 90.6 cm³/mol. The second kappa shape index (κ2) is 5.99. The Hall–Kier alpha value is -1.69. The van der Waals surface area contributed by atoms with Crippen LogP contribution in [0.25, 0.3) is 0 Å². The van der Waals surface area contributed by atoms with Gasteiger partial charge in [0.1, 0.15) is 11.6 Å². The maximum Gasteiger partial charge on any atom is 0.147 e. The number of aromatic nitrogens is 5. The first-order valence-electron chi connectivity index (χ1n) is 9.56. The molecule has 128 valence electrons. The number of hydrogen-bond acceptors (Lipinski definition) is 4. The zero-order valence-corrected chi connectivity index (χ0v) is 14.1. The van der Waals surface area contributed by atoms with Gasteiger partial charge in [-0.15, -0.1) is 10.2 Å². The Morgan fingerprint density at radius 3 is 2.67 bits per heavy atom. The van der Waals surface area contributed by atoms with Crippen LogP contribution < -0.4 is 5.32 Å². The Kier molecular flexibility index (Phi) is 3.65. The zero-order chi connectivity index (χ0) is 15.9. The van der Waals surface area contributed by atoms with E-state index >= 15 is 0 Å². The summed E-state index contributed by atoms with van der Waals surface area (Å²) in [6.45, 7) is 0.832. The van der Waals surface area contributed by atoms with Gasteiger partial charge in [-0.2, -0.15) is 5.10 Å². The quantitative estimate of drug-likeness (QED) is 0.886. The van der Waals surface area contributed by atoms with Crippen LogP contribution in [0.3, 0.4) is 0 Å². The lowest BCUT2D eigenvalue weighted by molar-refractivity contribution is 0.243. The summed E-state index contributed by atoms with van der Waals surface area (Å²) >= 11 is 0. The van der Waals surface area contributed by atoms with Crippen LogP contribution in [-0.4, -0.2) is 30.6 Å². The summed E-state index contributed by atoms with van der Waals surface area (Å²) in [6, 6.07) is 3.64. The molecule has 3 saturated carbocycles. The van der Waals surface area contributed by atoms with Gasteiger partial charge in [-0.05, 0) is 44.6 Å². The van der Waals surface area contributed by atoms with Crippen LogP contribution in [0.2, 0.25) is 0 Å². The van der Waals surface area contributed by atoms with Crippen molar-refractivity contribution in [2.45, 2.75) is 82.0 Å². The molecule has 6 nitrogen and oxygen atoms in total. The highest BCUT2D eigenvalue weighted by Gasteiger charge is 2.36. The molecule has 6 heteroatoms. The minimum Gasteiger partial charge on any atom is -0.311 e. The third kappa shape index (κ3) is 2.77. The average molecular weight is 326 g/mol. The molecule has 0 saturated heterocycles. The van der Waals surface area contributed by atoms with Gasteiger partial charge >= 0.3 is 0 Å². The lowest BCUT2D eigenvalue weighted by atomic mass is 9.90. The summed E-state index contributed by atoms with van der Waals surface area (Å²) < 4.78 is 4.59. The highest BCUT2D eigenvalue weighted by molar-refractivity contribution is 5.12. The van der Waals surface area contributed by atoms with Crippen LogP contribution in [-0.2, 0) is 6.54 Å². The predicted octanol–water partition coefficient (Wildman–Crippen LogP) is 2.96. The van der Waals surface area contributed by atoms with Gasteiger partial charge in [0.15, 0.2) is 0 Å². The fourth-order valence-electron chi connectivity index (χ4n) is 4.17. The Morgan fingerprint density at radius 1 is 1.04 bits per heavy atom. The van der Waals surface area contributed by atoms with Crippen LogP contribution in [0.15, 0.2) is 18.5 Å². The van der Waals surface area contributed by atoms with E-state index in [4.69, 9.17) is 0 Å². The normalized spacial score (nSPS) is 27.5. The van der Waals surface area contributed by atoms with Gasteiger partial charge in [-0.1, -0.05) is 12.8 Å². The molecule has 0 aromatic carbocycles. The molecular formula is C18H26N6. The van der Waals surface area contributed by atoms with Gasteiger partial charge in [0.25, 0.3) is 0 Å². The van der Waals surface area contributed by atoms with Crippen molar-refractivity contribution >= 4 is 0 Å². The molecule has 3 fully saturated rings. The fourth-order valence-corrected chi connectivity index (χ4v) is 4.17. The second-order valence-electron chi connectivity index (χ2n) is 7.68. The molecule has 0 bridgehead atoms. The van der Waals surface area contributed by atoms with E-state index in [1.165, 1.54) is 57.2 Å². The second-order valence-corrected chi connectivity index (χ2v) is 7.68. The van der Waals surface area contributed by atoms with Crippen molar-refractivity contribution in [3.05, 3.63) is 30.1 Å². The maximum atomic E-state index is 4.54. The molecular weight excluding hydrogens is 300 g/mol. The molecule has 0 spiro atoms. The molecule has 2 atom stereocenters. The van der Waals surface area contributed by atoms with Gasteiger partial charge < -0.3 is 9.88 Å². The van der Waals surface area contributed by atoms with E-state index in [-0.39, 0.29) is 0 Å². The summed E-state index contributed by atoms with van der Waals surface area (Å²) in [7, 11) is 0. The van der Waals surface area contributed by atoms with Crippen molar-refractivity contribution < 1.29 is 0 Å². The van der Waals surface area contributed by atoms with Crippen molar-refractivity contribution in [2.24, 2.45) is 0 Å². The minimum absolute atomic E-state index is 0.467. The summed E-state index contributed by atoms with van der Waals surface area (Å²) in [5.41, 5.74) is 0. The molecule has 0 aliphatic heterocycles. The van der Waals surface area contributed by atoms with Gasteiger partial charge in [0.2, 0.25) is 0 Å². The van der Waals surface area contributed by atoms with E-state index in [9.17, 15) is 0 Å². The molecule has 3 aliphatic rings. The number of rotatable bonds is 6. The molecule has 5 rings (SSSR count). The molecule has 3 aliphatic carbocycles. The van der Waals surface area contributed by atoms with Crippen LogP contribution in [0.4, 0.5) is 0 Å². The first-order chi connectivity index (χ1) is 11.9. The molecule has 0 unspecified atom stereocenters. The van der Waals surface area contributed by atoms with Crippen molar-refractivity contribution in [3.63, 3.8) is 0 Å². The third-order valence-corrected chi connectivity index (χ3v) is 5.76. The van der Waals surface area contributed by atoms with E-state index < -0.39 is 0 Å². The summed E-state index contributed by atoms with van der Waals surface area (Å²) in [4.78, 5) is 0. The van der Waals surface area contributed by atoms with Crippen molar-refractivity contribution in [1.82, 2.24) is 29.9 Å². The van der Waals surface area contributed by atoms with E-state index in [2.05, 4.69) is 36.1 Å². The zero-order valence-electron chi connectivity index (χ0n) is 14.1. The Morgan fingerprint density at radius 2 is 1.92 bits per heavy atom. The monoisotopic (exact) mass is 326 g/mol. The van der Waals surface area contributed by atoms with E-state index in [0.717, 1.165) is 12.4 Å². The van der Waals surface area contributed by atoms with Gasteiger partial charge in [-0.25, -0.2) is 0 Å². The minimum atomic E-state index is 0.467. The Balaban J connectivity index is 1.31. The highest BCUT2D eigenvalue weighted by Crippen LogP contribution is 2.44. The maximum absolute atomic E-state index is 4.54. The first-order valence-corrected chi connectivity index (χ1v) is 9.56. The number of hydrogen-bond donors (Lipinski definition) is 1. The molecule has 1 N–H and O–H groups in total. The van der Waals surface area contributed by atoms with E-state index in [1.54, 1.807) is 0 Å². The van der Waals surface area contributed by atoms with Crippen molar-refractivity contribution in [3.8, 4) is 0 Å². The van der Waals surface area contributed by atoms with Crippen LogP contribution >= 0.6 is 0 Å². The van der Waals surface area contributed by atoms with Crippen LogP contribution in [0.1, 0.15) is 81.0 Å². The largest absolute Gasteiger partial charge is 0.311 e. The van der Waals surface area contributed by atoms with Gasteiger partial charge in [0, 0.05) is 30.4 Å². The van der Waals surface area contributed by atoms with Crippen LogP contribution in [0, 0.1) is 0 Å². The average Bonchev–Trinajstić information content (AvgIpc) is 3.54.